The van der Waals surface area contributed by atoms with Gasteiger partial charge in [0.1, 0.15) is 18.2 Å². The van der Waals surface area contributed by atoms with Crippen molar-refractivity contribution in [1.82, 2.24) is 9.78 Å². The number of nitrogens with zero attached hydrogens (tertiary/aromatic N) is 3. The fourth-order valence-electron chi connectivity index (χ4n) is 4.69. The molecule has 4 aromatic carbocycles. The van der Waals surface area contributed by atoms with E-state index in [0.29, 0.717) is 29.7 Å². The van der Waals surface area contributed by atoms with Crippen molar-refractivity contribution < 1.29 is 38.1 Å². The van der Waals surface area contributed by atoms with Crippen molar-refractivity contribution in [3.05, 3.63) is 126 Å². The van der Waals surface area contributed by atoms with Crippen LogP contribution in [0.3, 0.4) is 0 Å². The first-order chi connectivity index (χ1) is 21.2. The van der Waals surface area contributed by atoms with E-state index in [0.717, 1.165) is 23.9 Å². The van der Waals surface area contributed by atoms with Gasteiger partial charge in [-0.05, 0) is 65.7 Å². The van der Waals surface area contributed by atoms with Gasteiger partial charge >= 0.3 is 11.9 Å². The number of hydrogen-bond acceptors (Lipinski definition) is 8. The van der Waals surface area contributed by atoms with Gasteiger partial charge in [0.15, 0.2) is 5.69 Å². The number of para-hydroxylation sites is 1. The normalized spacial score (nSPS) is 12.5. The van der Waals surface area contributed by atoms with Crippen LogP contribution in [-0.2, 0) is 27.4 Å². The molecule has 0 aliphatic heterocycles. The average molecular weight is 602 g/mol. The molecular weight excluding hydrogens is 572 g/mol. The molecule has 0 fully saturated rings. The van der Waals surface area contributed by atoms with Crippen LogP contribution in [0.25, 0.3) is 16.6 Å². The smallest absolute Gasteiger partial charge is 0.359 e. The minimum absolute atomic E-state index is 0.0518. The molecule has 1 aromatic heterocycles. The number of fused-ring (bicyclic) bond motifs is 1. The van der Waals surface area contributed by atoms with E-state index in [-0.39, 0.29) is 17.3 Å². The molecule has 44 heavy (non-hydrogen) atoms. The third-order valence-electron chi connectivity index (χ3n) is 7.08. The summed E-state index contributed by atoms with van der Waals surface area (Å²) in [5.74, 6) is -2.70. The quantitative estimate of drug-likeness (QED) is 0.212. The molecule has 0 saturated carbocycles. The molecule has 1 atom stereocenters. The maximum Gasteiger partial charge on any atom is 0.359 e. The Morgan fingerprint density at radius 1 is 0.864 bits per heavy atom. The summed E-state index contributed by atoms with van der Waals surface area (Å²) < 4.78 is 38.3. The first kappa shape index (κ1) is 30.3. The average Bonchev–Trinajstić information content (AvgIpc) is 3.44. The lowest BCUT2D eigenvalue weighted by molar-refractivity contribution is -0.171. The lowest BCUT2D eigenvalue weighted by atomic mass is 10.1. The van der Waals surface area contributed by atoms with Crippen LogP contribution in [0, 0.1) is 11.6 Å². The molecule has 1 heterocycles. The van der Waals surface area contributed by atoms with E-state index in [1.54, 1.807) is 53.2 Å². The van der Waals surface area contributed by atoms with Gasteiger partial charge in [-0.3, -0.25) is 0 Å². The first-order valence-corrected chi connectivity index (χ1v) is 13.6. The zero-order valence-electron chi connectivity index (χ0n) is 23.7. The van der Waals surface area contributed by atoms with Crippen LogP contribution in [0.4, 0.5) is 14.5 Å². The van der Waals surface area contributed by atoms with Crippen molar-refractivity contribution in [3.8, 4) is 5.69 Å². The van der Waals surface area contributed by atoms with Gasteiger partial charge in [-0.2, -0.15) is 5.10 Å². The second-order valence-electron chi connectivity index (χ2n) is 10.2. The Hall–Kier alpha value is -5.13. The van der Waals surface area contributed by atoms with Gasteiger partial charge < -0.3 is 24.6 Å². The molecule has 0 aliphatic carbocycles. The van der Waals surface area contributed by atoms with Crippen LogP contribution in [0.1, 0.15) is 21.6 Å². The van der Waals surface area contributed by atoms with Crippen molar-refractivity contribution in [2.24, 2.45) is 0 Å². The molecule has 9 nitrogen and oxygen atoms in total. The molecule has 11 heteroatoms. The second-order valence-corrected chi connectivity index (χ2v) is 10.2. The highest BCUT2D eigenvalue weighted by Crippen LogP contribution is 2.27. The van der Waals surface area contributed by atoms with Gasteiger partial charge in [0, 0.05) is 24.2 Å². The number of aromatic nitrogens is 2. The highest BCUT2D eigenvalue weighted by Gasteiger charge is 2.39. The van der Waals surface area contributed by atoms with Crippen molar-refractivity contribution in [3.63, 3.8) is 0 Å². The Kier molecular flexibility index (Phi) is 8.98. The summed E-state index contributed by atoms with van der Waals surface area (Å²) >= 11 is 0. The number of rotatable bonds is 11. The summed E-state index contributed by atoms with van der Waals surface area (Å²) in [6.45, 7) is -0.913. The molecule has 0 bridgehead atoms. The number of benzene rings is 4. The number of esters is 2. The molecule has 1 unspecified atom stereocenters. The van der Waals surface area contributed by atoms with Gasteiger partial charge in [-0.25, -0.2) is 23.1 Å². The Labute approximate surface area is 251 Å². The van der Waals surface area contributed by atoms with Crippen molar-refractivity contribution >= 4 is 28.5 Å². The number of aliphatic hydroxyl groups excluding tert-OH is 1. The lowest BCUT2D eigenvalue weighted by Gasteiger charge is -2.25. The van der Waals surface area contributed by atoms with Crippen molar-refractivity contribution in [2.45, 2.75) is 18.7 Å². The van der Waals surface area contributed by atoms with Gasteiger partial charge in [0.25, 0.3) is 0 Å². The SMILES string of the molecule is COC(=O)C(O)(CO)COC(=O)c1nn(-c2ccc(N(Cc3ccc(F)cc3)Cc3ccc(F)cc3)cc2)c2ccccc12. The zero-order chi connectivity index (χ0) is 31.3. The standard InChI is InChI=1S/C33H29F2N3O6/c1-43-32(41)33(42,20-39)21-44-31(40)30-28-4-2-3-5-29(28)38(36-30)27-16-14-26(15-17-27)37(18-22-6-10-24(34)11-7-22)19-23-8-12-25(35)13-9-23/h2-17,39,42H,18-21H2,1H3. The number of aliphatic hydroxyl groups is 2. The van der Waals surface area contributed by atoms with E-state index in [1.807, 2.05) is 24.3 Å². The Bertz CT molecular complexity index is 1710. The highest BCUT2D eigenvalue weighted by atomic mass is 19.1. The van der Waals surface area contributed by atoms with Crippen LogP contribution < -0.4 is 4.90 Å². The van der Waals surface area contributed by atoms with Crippen LogP contribution in [0.2, 0.25) is 0 Å². The van der Waals surface area contributed by atoms with E-state index in [4.69, 9.17) is 4.74 Å². The second kappa shape index (κ2) is 13.0. The van der Waals surface area contributed by atoms with Crippen LogP contribution in [0.15, 0.2) is 97.1 Å². The molecule has 0 aliphatic rings. The van der Waals surface area contributed by atoms with Crippen molar-refractivity contribution in [1.29, 1.82) is 0 Å². The molecule has 5 aromatic rings. The van der Waals surface area contributed by atoms with Gasteiger partial charge in [0.2, 0.25) is 5.60 Å². The predicted octanol–water partition coefficient (Wildman–Crippen LogP) is 4.56. The third kappa shape index (κ3) is 6.59. The molecular formula is C33H29F2N3O6. The number of ether oxygens (including phenoxy) is 2. The molecule has 5 rings (SSSR count). The fourth-order valence-corrected chi connectivity index (χ4v) is 4.69. The number of halogens is 2. The molecule has 0 spiro atoms. The van der Waals surface area contributed by atoms with E-state index in [1.165, 1.54) is 24.3 Å². The predicted molar refractivity (Wildman–Crippen MR) is 158 cm³/mol. The Balaban J connectivity index is 1.43. The molecule has 0 amide bonds. The van der Waals surface area contributed by atoms with Crippen LogP contribution in [0.5, 0.6) is 0 Å². The number of hydrogen-bond donors (Lipinski definition) is 2. The maximum atomic E-state index is 13.5. The molecule has 0 radical (unpaired) electrons. The minimum Gasteiger partial charge on any atom is -0.467 e. The largest absolute Gasteiger partial charge is 0.467 e. The van der Waals surface area contributed by atoms with Crippen LogP contribution >= 0.6 is 0 Å². The molecule has 2 N–H and O–H groups in total. The minimum atomic E-state index is -2.41. The lowest BCUT2D eigenvalue weighted by Crippen LogP contribution is -2.48. The summed E-state index contributed by atoms with van der Waals surface area (Å²) in [5.41, 5.74) is 1.39. The Morgan fingerprint density at radius 2 is 1.43 bits per heavy atom. The summed E-state index contributed by atoms with van der Waals surface area (Å²) in [5, 5.41) is 24.7. The molecule has 0 saturated heterocycles. The fraction of sp³-hybridized carbons (Fsp3) is 0.182. The van der Waals surface area contributed by atoms with E-state index in [9.17, 15) is 28.6 Å². The van der Waals surface area contributed by atoms with E-state index in [2.05, 4.69) is 14.7 Å². The highest BCUT2D eigenvalue weighted by molar-refractivity contribution is 6.02. The van der Waals surface area contributed by atoms with Crippen molar-refractivity contribution in [2.75, 3.05) is 25.2 Å². The summed E-state index contributed by atoms with van der Waals surface area (Å²) in [6, 6.07) is 26.9. The van der Waals surface area contributed by atoms with Gasteiger partial charge in [-0.15, -0.1) is 0 Å². The number of carbonyl (C=O) groups is 2. The zero-order valence-corrected chi connectivity index (χ0v) is 23.7. The van der Waals surface area contributed by atoms with E-state index >= 15 is 0 Å². The summed E-state index contributed by atoms with van der Waals surface area (Å²) in [7, 11) is 1.04. The van der Waals surface area contributed by atoms with Gasteiger partial charge in [0.05, 0.1) is 24.9 Å². The van der Waals surface area contributed by atoms with Gasteiger partial charge in [-0.1, -0.05) is 42.5 Å². The summed E-state index contributed by atoms with van der Waals surface area (Å²) in [6.07, 6.45) is 0. The summed E-state index contributed by atoms with van der Waals surface area (Å²) in [4.78, 5) is 26.9. The first-order valence-electron chi connectivity index (χ1n) is 13.6. The number of anilines is 1. The monoisotopic (exact) mass is 601 g/mol. The van der Waals surface area contributed by atoms with E-state index < -0.39 is 30.8 Å². The number of methoxy groups -OCH3 is 1. The topological polar surface area (TPSA) is 114 Å². The number of carbonyl (C=O) groups excluding carboxylic acids is 2. The van der Waals surface area contributed by atoms with Crippen LogP contribution in [-0.4, -0.2) is 57.9 Å². The molecule has 226 valence electrons. The maximum absolute atomic E-state index is 13.5. The third-order valence-corrected chi connectivity index (χ3v) is 7.08. The Morgan fingerprint density at radius 3 is 1.98 bits per heavy atom.